The van der Waals surface area contributed by atoms with Gasteiger partial charge in [0.2, 0.25) is 0 Å². The van der Waals surface area contributed by atoms with E-state index >= 15 is 0 Å². The van der Waals surface area contributed by atoms with Crippen LogP contribution in [0.1, 0.15) is 0 Å². The summed E-state index contributed by atoms with van der Waals surface area (Å²) < 4.78 is 0. The Morgan fingerprint density at radius 2 is 1.50 bits per heavy atom. The molecular weight excluding hydrogens is 192 g/mol. The third kappa shape index (κ3) is 2.30. The molecule has 14 heavy (non-hydrogen) atoms. The molecule has 0 radical (unpaired) electrons. The zero-order valence-electron chi connectivity index (χ0n) is 7.55. The zero-order chi connectivity index (χ0) is 9.80. The molecule has 0 aromatic heterocycles. The Labute approximate surface area is 87.4 Å². The van der Waals surface area contributed by atoms with Gasteiger partial charge in [-0.1, -0.05) is 36.0 Å². The van der Waals surface area contributed by atoms with Crippen LogP contribution in [-0.2, 0) is 0 Å². The molecule has 0 atom stereocenters. The molecule has 0 heterocycles. The van der Waals surface area contributed by atoms with E-state index in [9.17, 15) is 5.11 Å². The molecule has 1 N–H and O–H groups in total. The van der Waals surface area contributed by atoms with Gasteiger partial charge >= 0.3 is 0 Å². The highest BCUT2D eigenvalue weighted by molar-refractivity contribution is 7.99. The van der Waals surface area contributed by atoms with Gasteiger partial charge in [-0.2, -0.15) is 0 Å². The topological polar surface area (TPSA) is 20.2 Å². The maximum Gasteiger partial charge on any atom is 0.116 e. The summed E-state index contributed by atoms with van der Waals surface area (Å²) in [5, 5.41) is 9.28. The molecule has 2 heteroatoms. The van der Waals surface area contributed by atoms with Gasteiger partial charge in [-0.05, 0) is 30.3 Å². The summed E-state index contributed by atoms with van der Waals surface area (Å²) >= 11 is 1.64. The molecule has 0 bridgehead atoms. The van der Waals surface area contributed by atoms with E-state index in [0.29, 0.717) is 5.75 Å². The summed E-state index contributed by atoms with van der Waals surface area (Å²) in [5.41, 5.74) is 0. The number of aromatic hydroxyl groups is 1. The molecule has 70 valence electrons. The Morgan fingerprint density at radius 3 is 2.21 bits per heavy atom. The second-order valence-corrected chi connectivity index (χ2v) is 4.06. The predicted octanol–water partition coefficient (Wildman–Crippen LogP) is 3.54. The lowest BCUT2D eigenvalue weighted by Gasteiger charge is -2.01. The molecule has 1 nitrogen and oxygen atoms in total. The molecule has 0 fully saturated rings. The molecule has 0 saturated carbocycles. The Kier molecular flexibility index (Phi) is 2.75. The number of rotatable bonds is 2. The SMILES string of the molecule is Oc1cccc(Sc2ccccc2)c1. The van der Waals surface area contributed by atoms with E-state index in [1.807, 2.05) is 30.3 Å². The van der Waals surface area contributed by atoms with E-state index in [0.717, 1.165) is 4.90 Å². The Balaban J connectivity index is 2.19. The van der Waals surface area contributed by atoms with Crippen molar-refractivity contribution in [3.8, 4) is 5.75 Å². The zero-order valence-corrected chi connectivity index (χ0v) is 8.37. The molecule has 0 saturated heterocycles. The summed E-state index contributed by atoms with van der Waals surface area (Å²) in [4.78, 5) is 2.23. The van der Waals surface area contributed by atoms with Crippen molar-refractivity contribution in [2.75, 3.05) is 0 Å². The minimum atomic E-state index is 0.311. The molecule has 0 aliphatic carbocycles. The van der Waals surface area contributed by atoms with Gasteiger partial charge in [0.25, 0.3) is 0 Å². The third-order valence-corrected chi connectivity index (χ3v) is 2.79. The molecule has 0 unspecified atom stereocenters. The van der Waals surface area contributed by atoms with Crippen molar-refractivity contribution in [1.82, 2.24) is 0 Å². The highest BCUT2D eigenvalue weighted by atomic mass is 32.2. The number of hydrogen-bond donors (Lipinski definition) is 1. The van der Waals surface area contributed by atoms with Gasteiger partial charge in [0.1, 0.15) is 5.75 Å². The average Bonchev–Trinajstić information content (AvgIpc) is 2.19. The first kappa shape index (κ1) is 9.16. The lowest BCUT2D eigenvalue weighted by molar-refractivity contribution is 0.474. The van der Waals surface area contributed by atoms with Crippen LogP contribution >= 0.6 is 11.8 Å². The van der Waals surface area contributed by atoms with E-state index in [1.165, 1.54) is 4.90 Å². The van der Waals surface area contributed by atoms with Crippen LogP contribution in [0.15, 0.2) is 64.4 Å². The van der Waals surface area contributed by atoms with Crippen LogP contribution in [0.4, 0.5) is 0 Å². The Bertz CT molecular complexity index is 412. The van der Waals surface area contributed by atoms with Crippen LogP contribution < -0.4 is 0 Å². The highest BCUT2D eigenvalue weighted by Gasteiger charge is 1.96. The normalized spacial score (nSPS) is 10.0. The molecule has 2 aromatic carbocycles. The first-order valence-corrected chi connectivity index (χ1v) is 5.18. The van der Waals surface area contributed by atoms with Gasteiger partial charge in [-0.25, -0.2) is 0 Å². The third-order valence-electron chi connectivity index (χ3n) is 1.80. The van der Waals surface area contributed by atoms with Gasteiger partial charge < -0.3 is 5.11 Å². The van der Waals surface area contributed by atoms with Gasteiger partial charge in [0, 0.05) is 9.79 Å². The van der Waals surface area contributed by atoms with Crippen LogP contribution in [0, 0.1) is 0 Å². The summed E-state index contributed by atoms with van der Waals surface area (Å²) in [6, 6.07) is 17.4. The van der Waals surface area contributed by atoms with E-state index in [2.05, 4.69) is 12.1 Å². The monoisotopic (exact) mass is 202 g/mol. The van der Waals surface area contributed by atoms with E-state index in [1.54, 1.807) is 23.9 Å². The van der Waals surface area contributed by atoms with Crippen molar-refractivity contribution in [1.29, 1.82) is 0 Å². The molecule has 2 rings (SSSR count). The smallest absolute Gasteiger partial charge is 0.116 e. The van der Waals surface area contributed by atoms with Crippen molar-refractivity contribution in [2.24, 2.45) is 0 Å². The van der Waals surface area contributed by atoms with E-state index in [-0.39, 0.29) is 0 Å². The van der Waals surface area contributed by atoms with Gasteiger partial charge in [0.05, 0.1) is 0 Å². The van der Waals surface area contributed by atoms with Crippen LogP contribution in [0.5, 0.6) is 5.75 Å². The molecule has 2 aromatic rings. The minimum Gasteiger partial charge on any atom is -0.508 e. The number of hydrogen-bond acceptors (Lipinski definition) is 2. The van der Waals surface area contributed by atoms with Crippen molar-refractivity contribution in [3.63, 3.8) is 0 Å². The standard InChI is InChI=1S/C12H10OS/c13-10-5-4-8-12(9-10)14-11-6-2-1-3-7-11/h1-9,13H. The van der Waals surface area contributed by atoms with Crippen molar-refractivity contribution in [2.45, 2.75) is 9.79 Å². The van der Waals surface area contributed by atoms with Gasteiger partial charge in [-0.3, -0.25) is 0 Å². The van der Waals surface area contributed by atoms with Gasteiger partial charge in [-0.15, -0.1) is 0 Å². The average molecular weight is 202 g/mol. The second-order valence-electron chi connectivity index (χ2n) is 2.91. The summed E-state index contributed by atoms with van der Waals surface area (Å²) in [5.74, 6) is 0.311. The quantitative estimate of drug-likeness (QED) is 0.803. The van der Waals surface area contributed by atoms with Crippen molar-refractivity contribution < 1.29 is 5.11 Å². The highest BCUT2D eigenvalue weighted by Crippen LogP contribution is 2.29. The van der Waals surface area contributed by atoms with Gasteiger partial charge in [0.15, 0.2) is 0 Å². The Morgan fingerprint density at radius 1 is 0.786 bits per heavy atom. The number of phenolic OH excluding ortho intramolecular Hbond substituents is 1. The fraction of sp³-hybridized carbons (Fsp3) is 0. The Hall–Kier alpha value is -1.41. The fourth-order valence-electron chi connectivity index (χ4n) is 1.17. The second kappa shape index (κ2) is 4.20. The lowest BCUT2D eigenvalue weighted by Crippen LogP contribution is -1.72. The minimum absolute atomic E-state index is 0.311. The first-order valence-electron chi connectivity index (χ1n) is 4.36. The number of benzene rings is 2. The maximum absolute atomic E-state index is 9.28. The van der Waals surface area contributed by atoms with Crippen molar-refractivity contribution in [3.05, 3.63) is 54.6 Å². The van der Waals surface area contributed by atoms with Crippen LogP contribution in [0.2, 0.25) is 0 Å². The predicted molar refractivity (Wildman–Crippen MR) is 58.7 cm³/mol. The summed E-state index contributed by atoms with van der Waals surface area (Å²) in [6.07, 6.45) is 0. The van der Waals surface area contributed by atoms with Crippen molar-refractivity contribution >= 4 is 11.8 Å². The van der Waals surface area contributed by atoms with E-state index < -0.39 is 0 Å². The van der Waals surface area contributed by atoms with Crippen LogP contribution in [0.25, 0.3) is 0 Å². The molecule has 0 spiro atoms. The number of phenols is 1. The largest absolute Gasteiger partial charge is 0.508 e. The summed E-state index contributed by atoms with van der Waals surface area (Å²) in [7, 11) is 0. The lowest BCUT2D eigenvalue weighted by atomic mass is 10.3. The van der Waals surface area contributed by atoms with Crippen LogP contribution in [-0.4, -0.2) is 5.11 Å². The maximum atomic E-state index is 9.28. The molecular formula is C12H10OS. The molecule has 0 amide bonds. The van der Waals surface area contributed by atoms with Crippen LogP contribution in [0.3, 0.4) is 0 Å². The van der Waals surface area contributed by atoms with E-state index in [4.69, 9.17) is 0 Å². The molecule has 0 aliphatic heterocycles. The molecule has 0 aliphatic rings. The fourth-order valence-corrected chi connectivity index (χ4v) is 2.06. The summed E-state index contributed by atoms with van der Waals surface area (Å²) in [6.45, 7) is 0. The first-order chi connectivity index (χ1) is 6.84.